The normalized spacial score (nSPS) is 17.8. The Labute approximate surface area is 100 Å². The van der Waals surface area contributed by atoms with E-state index in [-0.39, 0.29) is 0 Å². The molecule has 16 heavy (non-hydrogen) atoms. The van der Waals surface area contributed by atoms with Crippen molar-refractivity contribution in [3.8, 4) is 11.5 Å². The highest BCUT2D eigenvalue weighted by Crippen LogP contribution is 2.28. The van der Waals surface area contributed by atoms with Crippen LogP contribution < -0.4 is 0 Å². The van der Waals surface area contributed by atoms with Gasteiger partial charge in [0.25, 0.3) is 0 Å². The van der Waals surface area contributed by atoms with Crippen LogP contribution in [0, 0.1) is 22.0 Å². The van der Waals surface area contributed by atoms with E-state index in [4.69, 9.17) is 18.4 Å². The van der Waals surface area contributed by atoms with Crippen LogP contribution in [0.15, 0.2) is 51.6 Å². The summed E-state index contributed by atoms with van der Waals surface area (Å²) in [5.74, 6) is 0. The van der Waals surface area contributed by atoms with E-state index in [1.54, 1.807) is 19.1 Å². The van der Waals surface area contributed by atoms with Gasteiger partial charge in [-0.05, 0) is 23.3 Å². The fraction of sp³-hybridized carbons (Fsp3) is 0.0833. The summed E-state index contributed by atoms with van der Waals surface area (Å²) in [7, 11) is 5.69. The van der Waals surface area contributed by atoms with Gasteiger partial charge in [0.2, 0.25) is 0 Å². The highest BCUT2D eigenvalue weighted by Gasteiger charge is 2.10. The summed E-state index contributed by atoms with van der Waals surface area (Å²) in [5.41, 5.74) is 5.26. The van der Waals surface area contributed by atoms with E-state index in [0.717, 1.165) is 17.3 Å². The summed E-state index contributed by atoms with van der Waals surface area (Å²) in [6.07, 6.45) is 3.26. The third kappa shape index (κ3) is 2.58. The molecule has 2 radical (unpaired) electrons. The molecule has 0 saturated heterocycles. The average Bonchev–Trinajstić information content (AvgIpc) is 2.38. The molecular weight excluding hydrogens is 215 g/mol. The minimum atomic E-state index is 0.379. The van der Waals surface area contributed by atoms with E-state index in [2.05, 4.69) is 12.3 Å². The molecule has 1 aliphatic carbocycles. The van der Waals surface area contributed by atoms with Crippen molar-refractivity contribution in [2.75, 3.05) is 0 Å². The molecular formula is C12H7BN2S. The Bertz CT molecular complexity index is 543. The maximum absolute atomic E-state index is 8.95. The van der Waals surface area contributed by atoms with Crippen LogP contribution in [0.5, 0.6) is 0 Å². The Morgan fingerprint density at radius 2 is 2.25 bits per heavy atom. The van der Waals surface area contributed by atoms with Crippen LogP contribution in [-0.2, 0) is 0 Å². The maximum Gasteiger partial charge on any atom is 0.139 e. The highest BCUT2D eigenvalue weighted by atomic mass is 32.2. The number of thiocyanates is 1. The van der Waals surface area contributed by atoms with E-state index < -0.39 is 0 Å². The lowest BCUT2D eigenvalue weighted by atomic mass is 9.88. The minimum Gasteiger partial charge on any atom is -0.192 e. The van der Waals surface area contributed by atoms with Gasteiger partial charge in [-0.2, -0.15) is 10.5 Å². The number of hydrogen-bond donors (Lipinski definition) is 0. The van der Waals surface area contributed by atoms with Gasteiger partial charge in [-0.1, -0.05) is 13.5 Å². The second-order valence-electron chi connectivity index (χ2n) is 3.10. The molecule has 1 rings (SSSR count). The predicted molar refractivity (Wildman–Crippen MR) is 66.1 cm³/mol. The number of hydrogen-bond acceptors (Lipinski definition) is 3. The van der Waals surface area contributed by atoms with Gasteiger partial charge in [-0.3, -0.25) is 0 Å². The van der Waals surface area contributed by atoms with Crippen LogP contribution in [0.1, 0.15) is 6.92 Å². The molecule has 0 spiro atoms. The van der Waals surface area contributed by atoms with Gasteiger partial charge in [0.1, 0.15) is 19.3 Å². The summed E-state index contributed by atoms with van der Waals surface area (Å²) in [5, 5.41) is 19.5. The van der Waals surface area contributed by atoms with Crippen molar-refractivity contribution >= 4 is 19.6 Å². The molecule has 4 heteroatoms. The van der Waals surface area contributed by atoms with Crippen LogP contribution in [0.2, 0.25) is 0 Å². The van der Waals surface area contributed by atoms with Crippen LogP contribution in [0.3, 0.4) is 0 Å². The van der Waals surface area contributed by atoms with Gasteiger partial charge in [0.15, 0.2) is 0 Å². The second kappa shape index (κ2) is 5.28. The van der Waals surface area contributed by atoms with Crippen molar-refractivity contribution in [2.24, 2.45) is 0 Å². The molecule has 0 N–H and O–H groups in total. The lowest BCUT2D eigenvalue weighted by Crippen LogP contribution is -1.87. The first-order valence-electron chi connectivity index (χ1n) is 4.40. The Morgan fingerprint density at radius 3 is 2.75 bits per heavy atom. The van der Waals surface area contributed by atoms with Gasteiger partial charge in [0.05, 0.1) is 10.5 Å². The minimum absolute atomic E-state index is 0.379. The molecule has 0 bridgehead atoms. The first-order valence-corrected chi connectivity index (χ1v) is 5.22. The lowest BCUT2D eigenvalue weighted by molar-refractivity contribution is 1.46. The fourth-order valence-electron chi connectivity index (χ4n) is 1.21. The van der Waals surface area contributed by atoms with Gasteiger partial charge < -0.3 is 0 Å². The molecule has 0 aromatic carbocycles. The molecule has 0 aromatic heterocycles. The Hall–Kier alpha value is -1.87. The van der Waals surface area contributed by atoms with E-state index in [9.17, 15) is 0 Å². The summed E-state index contributed by atoms with van der Waals surface area (Å²) in [6.45, 7) is 5.58. The fourth-order valence-corrected chi connectivity index (χ4v) is 1.63. The standard InChI is InChI=1S/C12H7BN2S/c1-8-5-10(6-14)12(16-7-15)4-3-11(8)9(2)13/h3,5H,1H2,2H3/b11-9+. The Kier molecular flexibility index (Phi) is 4.03. The molecule has 0 fully saturated rings. The van der Waals surface area contributed by atoms with Gasteiger partial charge in [0, 0.05) is 11.8 Å². The van der Waals surface area contributed by atoms with Gasteiger partial charge in [-0.15, -0.1) is 11.2 Å². The first kappa shape index (κ1) is 12.2. The second-order valence-corrected chi connectivity index (χ2v) is 3.90. The highest BCUT2D eigenvalue weighted by molar-refractivity contribution is 8.07. The lowest BCUT2D eigenvalue weighted by Gasteiger charge is -2.02. The molecule has 74 valence electrons. The molecule has 0 atom stereocenters. The quantitative estimate of drug-likeness (QED) is 0.389. The van der Waals surface area contributed by atoms with Crippen molar-refractivity contribution in [2.45, 2.75) is 6.92 Å². The molecule has 0 saturated carbocycles. The van der Waals surface area contributed by atoms with E-state index in [1.807, 2.05) is 11.5 Å². The largest absolute Gasteiger partial charge is 0.192 e. The zero-order valence-electron chi connectivity index (χ0n) is 8.74. The summed E-state index contributed by atoms with van der Waals surface area (Å²) in [4.78, 5) is 0.488. The van der Waals surface area contributed by atoms with Crippen LogP contribution >= 0.6 is 11.8 Å². The van der Waals surface area contributed by atoms with Crippen molar-refractivity contribution in [1.29, 1.82) is 10.5 Å². The Balaban J connectivity index is 3.41. The number of nitriles is 2. The molecule has 2 nitrogen and oxygen atoms in total. The molecule has 0 amide bonds. The molecule has 0 aliphatic heterocycles. The zero-order valence-corrected chi connectivity index (χ0v) is 9.56. The van der Waals surface area contributed by atoms with Crippen molar-refractivity contribution in [3.63, 3.8) is 0 Å². The maximum atomic E-state index is 8.95. The number of nitrogens with zero attached hydrogens (tertiary/aromatic N) is 2. The number of rotatable bonds is 1. The topological polar surface area (TPSA) is 47.6 Å². The monoisotopic (exact) mass is 222 g/mol. The van der Waals surface area contributed by atoms with Crippen molar-refractivity contribution in [1.82, 2.24) is 0 Å². The summed E-state index contributed by atoms with van der Waals surface area (Å²) >= 11 is 0.899. The van der Waals surface area contributed by atoms with Crippen molar-refractivity contribution in [3.05, 3.63) is 51.6 Å². The smallest absolute Gasteiger partial charge is 0.139 e. The van der Waals surface area contributed by atoms with Crippen LogP contribution in [0.25, 0.3) is 0 Å². The van der Waals surface area contributed by atoms with E-state index >= 15 is 0 Å². The SMILES string of the molecule is [B]/C(C)=C1\C=C=C(SC#N)C(C#N)=CC1=C. The molecule has 0 heterocycles. The van der Waals surface area contributed by atoms with Gasteiger partial charge in [-0.25, -0.2) is 0 Å². The van der Waals surface area contributed by atoms with E-state index in [1.165, 1.54) is 0 Å². The predicted octanol–water partition coefficient (Wildman–Crippen LogP) is 2.70. The van der Waals surface area contributed by atoms with E-state index in [0.29, 0.717) is 21.5 Å². The average molecular weight is 222 g/mol. The van der Waals surface area contributed by atoms with Gasteiger partial charge >= 0.3 is 0 Å². The van der Waals surface area contributed by atoms with Crippen LogP contribution in [0.4, 0.5) is 0 Å². The summed E-state index contributed by atoms with van der Waals surface area (Å²) in [6, 6.07) is 2.01. The zero-order chi connectivity index (χ0) is 12.1. The third-order valence-corrected chi connectivity index (χ3v) is 2.58. The Morgan fingerprint density at radius 1 is 1.56 bits per heavy atom. The summed E-state index contributed by atoms with van der Waals surface area (Å²) < 4.78 is 0. The van der Waals surface area contributed by atoms with Crippen LogP contribution in [-0.4, -0.2) is 7.85 Å². The molecule has 1 aliphatic rings. The first-order chi connectivity index (χ1) is 7.60. The number of thioether (sulfide) groups is 1. The molecule has 0 unspecified atom stereocenters. The van der Waals surface area contributed by atoms with Crippen molar-refractivity contribution < 1.29 is 0 Å². The number of allylic oxidation sites excluding steroid dienone is 5. The molecule has 0 aromatic rings. The third-order valence-electron chi connectivity index (χ3n) is 1.95.